The highest BCUT2D eigenvalue weighted by atomic mass is 16.7. The maximum atomic E-state index is 6.13. The third-order valence-electron chi connectivity index (χ3n) is 5.86. The Morgan fingerprint density at radius 1 is 1.09 bits per heavy atom. The molecule has 2 aliphatic rings. The summed E-state index contributed by atoms with van der Waals surface area (Å²) in [7, 11) is -0.260. The zero-order valence-electron chi connectivity index (χ0n) is 15.3. The maximum absolute atomic E-state index is 6.13. The van der Waals surface area contributed by atoms with E-state index < -0.39 is 0 Å². The van der Waals surface area contributed by atoms with Gasteiger partial charge in [-0.1, -0.05) is 31.2 Å². The Morgan fingerprint density at radius 2 is 1.70 bits per heavy atom. The lowest BCUT2D eigenvalue weighted by Crippen LogP contribution is -2.41. The first-order valence-corrected chi connectivity index (χ1v) is 9.01. The Kier molecular flexibility index (Phi) is 4.61. The molecule has 0 unspecified atom stereocenters. The Labute approximate surface area is 141 Å². The summed E-state index contributed by atoms with van der Waals surface area (Å²) in [6, 6.07) is 9.54. The lowest BCUT2D eigenvalue weighted by molar-refractivity contribution is 0.00578. The fraction of sp³-hybridized carbons (Fsp3) is 0.684. The van der Waals surface area contributed by atoms with Crippen LogP contribution in [-0.4, -0.2) is 35.8 Å². The zero-order valence-corrected chi connectivity index (χ0v) is 15.3. The van der Waals surface area contributed by atoms with Crippen LogP contribution in [0.1, 0.15) is 59.4 Å². The summed E-state index contributed by atoms with van der Waals surface area (Å²) < 4.78 is 12.3. The van der Waals surface area contributed by atoms with Gasteiger partial charge in [-0.05, 0) is 64.5 Å². The van der Waals surface area contributed by atoms with E-state index in [9.17, 15) is 0 Å². The van der Waals surface area contributed by atoms with E-state index in [1.807, 2.05) is 0 Å². The van der Waals surface area contributed by atoms with Crippen molar-refractivity contribution in [2.75, 3.05) is 6.54 Å². The lowest BCUT2D eigenvalue weighted by Gasteiger charge is -2.32. The van der Waals surface area contributed by atoms with Crippen LogP contribution in [0.4, 0.5) is 0 Å². The van der Waals surface area contributed by atoms with Crippen molar-refractivity contribution in [2.45, 2.75) is 77.7 Å². The molecule has 0 amide bonds. The molecule has 0 radical (unpaired) electrons. The van der Waals surface area contributed by atoms with Crippen LogP contribution in [0.2, 0.25) is 0 Å². The highest BCUT2D eigenvalue weighted by Gasteiger charge is 2.51. The molecule has 4 heteroatoms. The van der Waals surface area contributed by atoms with E-state index in [1.165, 1.54) is 31.4 Å². The normalized spacial score (nSPS) is 26.8. The van der Waals surface area contributed by atoms with Gasteiger partial charge in [0.2, 0.25) is 0 Å². The molecule has 0 aromatic heterocycles. The van der Waals surface area contributed by atoms with E-state index in [0.29, 0.717) is 0 Å². The Balaban J connectivity index is 1.66. The molecular formula is C19H30BNO2. The number of hydrogen-bond acceptors (Lipinski definition) is 3. The molecule has 1 aromatic rings. The number of benzene rings is 1. The lowest BCUT2D eigenvalue weighted by atomic mass is 9.79. The molecule has 1 atom stereocenters. The van der Waals surface area contributed by atoms with E-state index >= 15 is 0 Å². The molecule has 2 aliphatic heterocycles. The Bertz CT molecular complexity index is 525. The minimum Gasteiger partial charge on any atom is -0.399 e. The van der Waals surface area contributed by atoms with Gasteiger partial charge in [-0.15, -0.1) is 0 Å². The van der Waals surface area contributed by atoms with E-state index in [0.717, 1.165) is 18.0 Å². The number of likely N-dealkylation sites (tertiary alicyclic amines) is 1. The molecule has 0 bridgehead atoms. The molecule has 23 heavy (non-hydrogen) atoms. The minimum absolute atomic E-state index is 0.260. The van der Waals surface area contributed by atoms with Crippen LogP contribution >= 0.6 is 0 Å². The first-order valence-electron chi connectivity index (χ1n) is 9.01. The summed E-state index contributed by atoms with van der Waals surface area (Å²) in [5.74, 6) is 0. The van der Waals surface area contributed by atoms with Gasteiger partial charge in [0.25, 0.3) is 0 Å². The SMILES string of the molecule is CC[C@H]1CCCN1Cc1ccc(B2OC(C)(C)C(C)(C)O2)cc1. The molecule has 2 saturated heterocycles. The van der Waals surface area contributed by atoms with Crippen molar-refractivity contribution in [3.05, 3.63) is 29.8 Å². The van der Waals surface area contributed by atoms with E-state index in [4.69, 9.17) is 9.31 Å². The van der Waals surface area contributed by atoms with Crippen molar-refractivity contribution in [1.29, 1.82) is 0 Å². The van der Waals surface area contributed by atoms with Crippen LogP contribution in [0, 0.1) is 0 Å². The first-order chi connectivity index (χ1) is 10.8. The van der Waals surface area contributed by atoms with Gasteiger partial charge in [0.05, 0.1) is 11.2 Å². The third kappa shape index (κ3) is 3.35. The maximum Gasteiger partial charge on any atom is 0.494 e. The van der Waals surface area contributed by atoms with Crippen LogP contribution in [0.15, 0.2) is 24.3 Å². The van der Waals surface area contributed by atoms with Gasteiger partial charge in [-0.2, -0.15) is 0 Å². The van der Waals surface area contributed by atoms with Gasteiger partial charge in [0, 0.05) is 12.6 Å². The third-order valence-corrected chi connectivity index (χ3v) is 5.86. The van der Waals surface area contributed by atoms with E-state index in [1.54, 1.807) is 0 Å². The van der Waals surface area contributed by atoms with E-state index in [-0.39, 0.29) is 18.3 Å². The van der Waals surface area contributed by atoms with Crippen molar-refractivity contribution in [2.24, 2.45) is 0 Å². The van der Waals surface area contributed by atoms with Crippen molar-refractivity contribution >= 4 is 12.6 Å². The van der Waals surface area contributed by atoms with Crippen LogP contribution in [0.3, 0.4) is 0 Å². The molecule has 2 fully saturated rings. The van der Waals surface area contributed by atoms with Crippen molar-refractivity contribution in [3.8, 4) is 0 Å². The van der Waals surface area contributed by atoms with Crippen LogP contribution < -0.4 is 5.46 Å². The predicted molar refractivity (Wildman–Crippen MR) is 95.9 cm³/mol. The van der Waals surface area contributed by atoms with Gasteiger partial charge in [0.15, 0.2) is 0 Å². The fourth-order valence-electron chi connectivity index (χ4n) is 3.56. The molecule has 3 nitrogen and oxygen atoms in total. The van der Waals surface area contributed by atoms with Gasteiger partial charge in [-0.25, -0.2) is 0 Å². The summed E-state index contributed by atoms with van der Waals surface area (Å²) in [6.07, 6.45) is 3.94. The smallest absolute Gasteiger partial charge is 0.399 e. The number of rotatable bonds is 4. The molecule has 1 aromatic carbocycles. The summed E-state index contributed by atoms with van der Waals surface area (Å²) in [4.78, 5) is 2.61. The average molecular weight is 315 g/mol. The monoisotopic (exact) mass is 315 g/mol. The van der Waals surface area contributed by atoms with Crippen LogP contribution in [0.5, 0.6) is 0 Å². The van der Waals surface area contributed by atoms with Gasteiger partial charge >= 0.3 is 7.12 Å². The van der Waals surface area contributed by atoms with Crippen molar-refractivity contribution in [1.82, 2.24) is 4.90 Å². The molecule has 0 spiro atoms. The minimum atomic E-state index is -0.278. The topological polar surface area (TPSA) is 21.7 Å². The summed E-state index contributed by atoms with van der Waals surface area (Å²) >= 11 is 0. The van der Waals surface area contributed by atoms with Crippen LogP contribution in [-0.2, 0) is 15.9 Å². The highest BCUT2D eigenvalue weighted by Crippen LogP contribution is 2.36. The van der Waals surface area contributed by atoms with E-state index in [2.05, 4.69) is 63.8 Å². The van der Waals surface area contributed by atoms with Crippen molar-refractivity contribution in [3.63, 3.8) is 0 Å². The summed E-state index contributed by atoms with van der Waals surface area (Å²) in [6.45, 7) is 13.0. The Hall–Kier alpha value is -0.835. The Morgan fingerprint density at radius 3 is 2.26 bits per heavy atom. The number of nitrogens with zero attached hydrogens (tertiary/aromatic N) is 1. The quantitative estimate of drug-likeness (QED) is 0.795. The molecule has 3 rings (SSSR count). The highest BCUT2D eigenvalue weighted by molar-refractivity contribution is 6.62. The molecular weight excluding hydrogens is 285 g/mol. The predicted octanol–water partition coefficient (Wildman–Crippen LogP) is 3.36. The largest absolute Gasteiger partial charge is 0.494 e. The molecule has 0 N–H and O–H groups in total. The summed E-state index contributed by atoms with van der Waals surface area (Å²) in [5, 5.41) is 0. The first kappa shape index (κ1) is 17.0. The second-order valence-electron chi connectivity index (χ2n) is 8.00. The van der Waals surface area contributed by atoms with Gasteiger partial charge in [0.1, 0.15) is 0 Å². The number of hydrogen-bond donors (Lipinski definition) is 0. The molecule has 126 valence electrons. The van der Waals surface area contributed by atoms with Gasteiger partial charge in [-0.3, -0.25) is 4.90 Å². The molecule has 0 aliphatic carbocycles. The van der Waals surface area contributed by atoms with Crippen molar-refractivity contribution < 1.29 is 9.31 Å². The fourth-order valence-corrected chi connectivity index (χ4v) is 3.56. The average Bonchev–Trinajstić information content (AvgIpc) is 3.02. The second kappa shape index (κ2) is 6.23. The molecule has 2 heterocycles. The zero-order chi connectivity index (χ0) is 16.7. The van der Waals surface area contributed by atoms with Crippen LogP contribution in [0.25, 0.3) is 0 Å². The van der Waals surface area contributed by atoms with Gasteiger partial charge < -0.3 is 9.31 Å². The summed E-state index contributed by atoms with van der Waals surface area (Å²) in [5.41, 5.74) is 1.94. The molecule has 0 saturated carbocycles. The standard InChI is InChI=1S/C19H30BNO2/c1-6-17-8-7-13-21(17)14-15-9-11-16(12-10-15)20-22-18(2,3)19(4,5)23-20/h9-12,17H,6-8,13-14H2,1-5H3/t17-/m0/s1. The second-order valence-corrected chi connectivity index (χ2v) is 8.00.